The van der Waals surface area contributed by atoms with Gasteiger partial charge in [0.25, 0.3) is 5.91 Å². The molecular weight excluding hydrogens is 411 g/mol. The number of carboxylic acids is 1. The van der Waals surface area contributed by atoms with Crippen molar-refractivity contribution in [1.29, 1.82) is 0 Å². The summed E-state index contributed by atoms with van der Waals surface area (Å²) in [5.41, 5.74) is 3.11. The number of hydrogen-bond donors (Lipinski definition) is 1. The number of alkyl halides is 3. The lowest BCUT2D eigenvalue weighted by Gasteiger charge is -2.35. The highest BCUT2D eigenvalue weighted by atomic mass is 19.4. The van der Waals surface area contributed by atoms with Gasteiger partial charge in [0, 0.05) is 37.9 Å². The highest BCUT2D eigenvalue weighted by Gasteiger charge is 2.39. The number of anilines is 1. The average Bonchev–Trinajstić information content (AvgIpc) is 3.17. The first-order valence-electron chi connectivity index (χ1n) is 9.97. The lowest BCUT2D eigenvalue weighted by molar-refractivity contribution is -0.192. The standard InChI is InChI=1S/C20H23N3O.C2HF3O2/c1-15-5-2-3-7-19(15)20(24)23-12-16-8-10-22(13-17(16)14-23)18-6-4-9-21-11-18;3-2(4,5)1(6)7/h2-7,9,11,16-17H,8,10,12-14H2,1H3;(H,6,7)/t16-,17+;/m0./s1. The van der Waals surface area contributed by atoms with Gasteiger partial charge < -0.3 is 14.9 Å². The second-order valence-corrected chi connectivity index (χ2v) is 7.79. The van der Waals surface area contributed by atoms with E-state index in [2.05, 4.69) is 20.9 Å². The van der Waals surface area contributed by atoms with Crippen LogP contribution in [0.5, 0.6) is 0 Å². The fraction of sp³-hybridized carbons (Fsp3) is 0.409. The van der Waals surface area contributed by atoms with Crippen molar-refractivity contribution in [3.05, 3.63) is 59.9 Å². The fourth-order valence-electron chi connectivity index (χ4n) is 4.09. The van der Waals surface area contributed by atoms with Crippen LogP contribution in [0.25, 0.3) is 0 Å². The van der Waals surface area contributed by atoms with Crippen molar-refractivity contribution < 1.29 is 27.9 Å². The summed E-state index contributed by atoms with van der Waals surface area (Å²) in [4.78, 5) is 30.5. The lowest BCUT2D eigenvalue weighted by Crippen LogP contribution is -2.40. The highest BCUT2D eigenvalue weighted by molar-refractivity contribution is 5.95. The molecule has 0 aliphatic carbocycles. The number of carboxylic acid groups (broad SMARTS) is 1. The summed E-state index contributed by atoms with van der Waals surface area (Å²) in [6, 6.07) is 12.0. The van der Waals surface area contributed by atoms with Crippen LogP contribution >= 0.6 is 0 Å². The van der Waals surface area contributed by atoms with Crippen LogP contribution in [-0.2, 0) is 4.79 Å². The number of hydrogen-bond acceptors (Lipinski definition) is 4. The molecule has 2 aliphatic heterocycles. The van der Waals surface area contributed by atoms with Gasteiger partial charge in [-0.2, -0.15) is 13.2 Å². The number of carbonyl (C=O) groups excluding carboxylic acids is 1. The molecular formula is C22H24F3N3O3. The zero-order chi connectivity index (χ0) is 22.6. The molecule has 0 spiro atoms. The molecule has 1 N–H and O–H groups in total. The third-order valence-electron chi connectivity index (χ3n) is 5.72. The predicted molar refractivity (Wildman–Crippen MR) is 109 cm³/mol. The number of aryl methyl sites for hydroxylation is 1. The SMILES string of the molecule is Cc1ccccc1C(=O)N1C[C@@H]2CCN(c3cccnc3)C[C@@H]2C1.O=C(O)C(F)(F)F. The van der Waals surface area contributed by atoms with E-state index in [1.807, 2.05) is 49.6 Å². The van der Waals surface area contributed by atoms with E-state index in [0.29, 0.717) is 11.8 Å². The number of rotatable bonds is 2. The van der Waals surface area contributed by atoms with Gasteiger partial charge in [-0.25, -0.2) is 4.79 Å². The molecule has 31 heavy (non-hydrogen) atoms. The smallest absolute Gasteiger partial charge is 0.475 e. The molecule has 0 bridgehead atoms. The Morgan fingerprint density at radius 3 is 2.35 bits per heavy atom. The molecule has 2 saturated heterocycles. The molecule has 9 heteroatoms. The molecule has 2 fully saturated rings. The molecule has 2 aromatic rings. The summed E-state index contributed by atoms with van der Waals surface area (Å²) in [5.74, 6) is -1.37. The van der Waals surface area contributed by atoms with E-state index in [9.17, 15) is 18.0 Å². The maximum atomic E-state index is 12.9. The number of fused-ring (bicyclic) bond motifs is 1. The Kier molecular flexibility index (Phi) is 6.82. The average molecular weight is 435 g/mol. The molecule has 2 aliphatic rings. The molecule has 0 unspecified atom stereocenters. The third-order valence-corrected chi connectivity index (χ3v) is 5.72. The minimum Gasteiger partial charge on any atom is -0.475 e. The molecule has 1 aromatic carbocycles. The Labute approximate surface area is 178 Å². The highest BCUT2D eigenvalue weighted by Crippen LogP contribution is 2.34. The van der Waals surface area contributed by atoms with E-state index in [0.717, 1.165) is 43.7 Å². The van der Waals surface area contributed by atoms with Crippen molar-refractivity contribution in [2.24, 2.45) is 11.8 Å². The van der Waals surface area contributed by atoms with E-state index in [-0.39, 0.29) is 5.91 Å². The largest absolute Gasteiger partial charge is 0.490 e. The van der Waals surface area contributed by atoms with Gasteiger partial charge in [0.05, 0.1) is 11.9 Å². The minimum atomic E-state index is -5.08. The Hall–Kier alpha value is -3.10. The van der Waals surface area contributed by atoms with E-state index < -0.39 is 12.1 Å². The van der Waals surface area contributed by atoms with Crippen LogP contribution in [0.3, 0.4) is 0 Å². The van der Waals surface area contributed by atoms with Gasteiger partial charge in [-0.15, -0.1) is 0 Å². The fourth-order valence-corrected chi connectivity index (χ4v) is 4.09. The molecule has 2 atom stereocenters. The minimum absolute atomic E-state index is 0.190. The Morgan fingerprint density at radius 1 is 1.06 bits per heavy atom. The zero-order valence-corrected chi connectivity index (χ0v) is 17.0. The van der Waals surface area contributed by atoms with Gasteiger partial charge in [-0.1, -0.05) is 18.2 Å². The van der Waals surface area contributed by atoms with E-state index >= 15 is 0 Å². The van der Waals surface area contributed by atoms with Crippen molar-refractivity contribution >= 4 is 17.6 Å². The van der Waals surface area contributed by atoms with Gasteiger partial charge in [0.2, 0.25) is 0 Å². The van der Waals surface area contributed by atoms with Crippen molar-refractivity contribution in [2.45, 2.75) is 19.5 Å². The topological polar surface area (TPSA) is 73.7 Å². The van der Waals surface area contributed by atoms with Crippen LogP contribution in [0.1, 0.15) is 22.3 Å². The lowest BCUT2D eigenvalue weighted by atomic mass is 9.88. The van der Waals surface area contributed by atoms with Crippen molar-refractivity contribution in [3.8, 4) is 0 Å². The summed E-state index contributed by atoms with van der Waals surface area (Å²) >= 11 is 0. The molecule has 0 saturated carbocycles. The molecule has 3 heterocycles. The van der Waals surface area contributed by atoms with E-state index in [1.54, 1.807) is 0 Å². The number of nitrogens with zero attached hydrogens (tertiary/aromatic N) is 3. The first kappa shape index (κ1) is 22.6. The first-order chi connectivity index (χ1) is 14.7. The number of likely N-dealkylation sites (tertiary alicyclic amines) is 1. The second kappa shape index (κ2) is 9.36. The van der Waals surface area contributed by atoms with E-state index in [1.165, 1.54) is 5.69 Å². The predicted octanol–water partition coefficient (Wildman–Crippen LogP) is 3.62. The number of benzene rings is 1. The van der Waals surface area contributed by atoms with Gasteiger partial charge in [0.1, 0.15) is 0 Å². The van der Waals surface area contributed by atoms with Gasteiger partial charge in [-0.05, 0) is 48.9 Å². The molecule has 0 radical (unpaired) electrons. The number of pyridine rings is 1. The summed E-state index contributed by atoms with van der Waals surface area (Å²) < 4.78 is 31.7. The Balaban J connectivity index is 0.000000339. The van der Waals surface area contributed by atoms with E-state index in [4.69, 9.17) is 9.90 Å². The number of halogens is 3. The normalized spacial score (nSPS) is 20.5. The molecule has 166 valence electrons. The molecule has 6 nitrogen and oxygen atoms in total. The third kappa shape index (κ3) is 5.53. The van der Waals surface area contributed by atoms with Gasteiger partial charge >= 0.3 is 12.1 Å². The van der Waals surface area contributed by atoms with Gasteiger partial charge in [-0.3, -0.25) is 9.78 Å². The molecule has 1 aromatic heterocycles. The van der Waals surface area contributed by atoms with Crippen molar-refractivity contribution in [1.82, 2.24) is 9.88 Å². The Bertz CT molecular complexity index is 921. The first-order valence-corrected chi connectivity index (χ1v) is 9.97. The van der Waals surface area contributed by atoms with Gasteiger partial charge in [0.15, 0.2) is 0 Å². The number of aromatic nitrogens is 1. The van der Waals surface area contributed by atoms with Crippen molar-refractivity contribution in [3.63, 3.8) is 0 Å². The zero-order valence-electron chi connectivity index (χ0n) is 17.0. The summed E-state index contributed by atoms with van der Waals surface area (Å²) in [6.45, 7) is 5.86. The number of aliphatic carboxylic acids is 1. The number of piperidine rings is 1. The van der Waals surface area contributed by atoms with Crippen LogP contribution in [0.2, 0.25) is 0 Å². The maximum absolute atomic E-state index is 12.9. The second-order valence-electron chi connectivity index (χ2n) is 7.79. The van der Waals surface area contributed by atoms with Crippen LogP contribution in [-0.4, -0.2) is 59.2 Å². The summed E-state index contributed by atoms with van der Waals surface area (Å²) in [6.07, 6.45) is -0.183. The molecule has 1 amide bonds. The van der Waals surface area contributed by atoms with Crippen LogP contribution in [0, 0.1) is 18.8 Å². The quantitative estimate of drug-likeness (QED) is 0.780. The Morgan fingerprint density at radius 2 is 1.74 bits per heavy atom. The van der Waals surface area contributed by atoms with Crippen LogP contribution in [0.15, 0.2) is 48.8 Å². The maximum Gasteiger partial charge on any atom is 0.490 e. The van der Waals surface area contributed by atoms with Crippen molar-refractivity contribution in [2.75, 3.05) is 31.1 Å². The number of carbonyl (C=O) groups is 2. The number of amides is 1. The summed E-state index contributed by atoms with van der Waals surface area (Å²) in [7, 11) is 0. The van der Waals surface area contributed by atoms with Crippen LogP contribution in [0.4, 0.5) is 18.9 Å². The van der Waals surface area contributed by atoms with Crippen LogP contribution < -0.4 is 4.90 Å². The molecule has 4 rings (SSSR count). The monoisotopic (exact) mass is 435 g/mol. The summed E-state index contributed by atoms with van der Waals surface area (Å²) in [5, 5.41) is 7.12.